The molecule has 0 radical (unpaired) electrons. The summed E-state index contributed by atoms with van der Waals surface area (Å²) in [5, 5.41) is 0.493. The largest absolute Gasteiger partial charge is 0.368 e. The third-order valence-electron chi connectivity index (χ3n) is 1.82. The van der Waals surface area contributed by atoms with E-state index >= 15 is 0 Å². The summed E-state index contributed by atoms with van der Waals surface area (Å²) in [4.78, 5) is 16.7. The number of carbonyl (C=O) groups is 1. The van der Waals surface area contributed by atoms with Crippen LogP contribution in [0.15, 0.2) is 16.7 Å². The average molecular weight is 293 g/mol. The highest BCUT2D eigenvalue weighted by Gasteiger charge is 2.12. The van der Waals surface area contributed by atoms with Crippen molar-refractivity contribution in [1.29, 1.82) is 0 Å². The van der Waals surface area contributed by atoms with Crippen LogP contribution in [0, 0.1) is 0 Å². The molecular weight excluding hydrogens is 281 g/mol. The molecule has 0 aliphatic rings. The van der Waals surface area contributed by atoms with E-state index in [0.717, 1.165) is 4.47 Å². The molecule has 1 aromatic heterocycles. The molecule has 0 saturated heterocycles. The van der Waals surface area contributed by atoms with Crippen molar-refractivity contribution in [1.82, 2.24) is 4.98 Å². The van der Waals surface area contributed by atoms with Crippen molar-refractivity contribution in [3.63, 3.8) is 0 Å². The van der Waals surface area contributed by atoms with Crippen molar-refractivity contribution in [2.24, 2.45) is 5.73 Å². The van der Waals surface area contributed by atoms with Gasteiger partial charge in [-0.05, 0) is 28.9 Å². The first-order valence-corrected chi connectivity index (χ1v) is 5.56. The van der Waals surface area contributed by atoms with Crippen LogP contribution in [0.1, 0.15) is 6.92 Å². The zero-order valence-electron chi connectivity index (χ0n) is 8.20. The quantitative estimate of drug-likeness (QED) is 0.921. The number of anilines is 1. The molecule has 2 N–H and O–H groups in total. The summed E-state index contributed by atoms with van der Waals surface area (Å²) in [5.41, 5.74) is 5.13. The Bertz CT molecular complexity index is 372. The van der Waals surface area contributed by atoms with E-state index in [2.05, 4.69) is 20.9 Å². The van der Waals surface area contributed by atoms with Gasteiger partial charge in [-0.2, -0.15) is 0 Å². The molecule has 0 aliphatic carbocycles. The monoisotopic (exact) mass is 291 g/mol. The summed E-state index contributed by atoms with van der Waals surface area (Å²) < 4.78 is 0.798. The lowest BCUT2D eigenvalue weighted by Gasteiger charge is -2.21. The molecule has 15 heavy (non-hydrogen) atoms. The van der Waals surface area contributed by atoms with Crippen LogP contribution < -0.4 is 10.6 Å². The van der Waals surface area contributed by atoms with Crippen LogP contribution in [0.5, 0.6) is 0 Å². The number of rotatable bonds is 4. The van der Waals surface area contributed by atoms with E-state index in [-0.39, 0.29) is 6.54 Å². The normalized spacial score (nSPS) is 10.1. The fourth-order valence-electron chi connectivity index (χ4n) is 1.16. The summed E-state index contributed by atoms with van der Waals surface area (Å²) in [6.45, 7) is 2.64. The minimum absolute atomic E-state index is 0.116. The van der Waals surface area contributed by atoms with Gasteiger partial charge in [0, 0.05) is 17.2 Å². The molecule has 82 valence electrons. The molecule has 1 aromatic rings. The Morgan fingerprint density at radius 3 is 2.87 bits per heavy atom. The smallest absolute Gasteiger partial charge is 0.236 e. The van der Waals surface area contributed by atoms with E-state index in [0.29, 0.717) is 17.4 Å². The number of amides is 1. The number of carbonyl (C=O) groups excluding carboxylic acids is 1. The van der Waals surface area contributed by atoms with Gasteiger partial charge in [0.2, 0.25) is 5.91 Å². The lowest BCUT2D eigenvalue weighted by Crippen LogP contribution is -2.34. The van der Waals surface area contributed by atoms with Crippen LogP contribution in [0.4, 0.5) is 5.82 Å². The lowest BCUT2D eigenvalue weighted by molar-refractivity contribution is -0.116. The number of aromatic nitrogens is 1. The average Bonchev–Trinajstić information content (AvgIpc) is 2.14. The van der Waals surface area contributed by atoms with Gasteiger partial charge in [-0.15, -0.1) is 0 Å². The van der Waals surface area contributed by atoms with Crippen molar-refractivity contribution in [3.8, 4) is 0 Å². The first-order valence-electron chi connectivity index (χ1n) is 4.39. The first kappa shape index (κ1) is 12.3. The summed E-state index contributed by atoms with van der Waals surface area (Å²) in [5.74, 6) is 0.166. The third kappa shape index (κ3) is 3.35. The Kier molecular flexibility index (Phi) is 4.35. The van der Waals surface area contributed by atoms with E-state index in [4.69, 9.17) is 17.3 Å². The van der Waals surface area contributed by atoms with Gasteiger partial charge in [-0.3, -0.25) is 4.79 Å². The van der Waals surface area contributed by atoms with Gasteiger partial charge in [0.25, 0.3) is 0 Å². The maximum absolute atomic E-state index is 10.8. The lowest BCUT2D eigenvalue weighted by atomic mass is 10.4. The van der Waals surface area contributed by atoms with E-state index in [1.807, 2.05) is 6.92 Å². The van der Waals surface area contributed by atoms with Crippen molar-refractivity contribution in [3.05, 3.63) is 21.8 Å². The van der Waals surface area contributed by atoms with E-state index < -0.39 is 5.91 Å². The van der Waals surface area contributed by atoms with Gasteiger partial charge < -0.3 is 10.6 Å². The molecule has 0 aliphatic heterocycles. The zero-order chi connectivity index (χ0) is 11.4. The molecular formula is C9H11BrClN3O. The van der Waals surface area contributed by atoms with Crippen molar-refractivity contribution in [2.75, 3.05) is 18.0 Å². The highest BCUT2D eigenvalue weighted by atomic mass is 79.9. The molecule has 1 amide bonds. The van der Waals surface area contributed by atoms with Crippen LogP contribution in [-0.2, 0) is 4.79 Å². The molecule has 0 saturated carbocycles. The van der Waals surface area contributed by atoms with E-state index in [9.17, 15) is 4.79 Å². The van der Waals surface area contributed by atoms with Gasteiger partial charge in [0.05, 0.1) is 11.6 Å². The van der Waals surface area contributed by atoms with E-state index in [1.165, 1.54) is 0 Å². The molecule has 0 bridgehead atoms. The number of halogens is 2. The fourth-order valence-corrected chi connectivity index (χ4v) is 1.91. The minimum Gasteiger partial charge on any atom is -0.368 e. The first-order chi connectivity index (χ1) is 7.04. The standard InChI is InChI=1S/C9H11BrClN3O/c1-2-14(5-8(12)15)9-7(11)3-6(10)4-13-9/h3-4H,2,5H2,1H3,(H2,12,15). The Balaban J connectivity index is 2.96. The second-order valence-electron chi connectivity index (χ2n) is 2.94. The highest BCUT2D eigenvalue weighted by Crippen LogP contribution is 2.25. The molecule has 6 heteroatoms. The molecule has 0 unspecified atom stereocenters. The molecule has 0 fully saturated rings. The molecule has 1 heterocycles. The summed E-state index contributed by atoms with van der Waals surface area (Å²) in [7, 11) is 0. The third-order valence-corrected chi connectivity index (χ3v) is 2.53. The Labute approximate surface area is 102 Å². The maximum Gasteiger partial charge on any atom is 0.236 e. The van der Waals surface area contributed by atoms with Gasteiger partial charge in [0.1, 0.15) is 5.82 Å². The molecule has 0 spiro atoms. The summed E-state index contributed by atoms with van der Waals surface area (Å²) in [6, 6.07) is 1.73. The van der Waals surface area contributed by atoms with Crippen LogP contribution >= 0.6 is 27.5 Å². The number of primary amides is 1. The van der Waals surface area contributed by atoms with Crippen molar-refractivity contribution in [2.45, 2.75) is 6.92 Å². The second-order valence-corrected chi connectivity index (χ2v) is 4.26. The van der Waals surface area contributed by atoms with Crippen LogP contribution in [0.25, 0.3) is 0 Å². The SMILES string of the molecule is CCN(CC(N)=O)c1ncc(Br)cc1Cl. The van der Waals surface area contributed by atoms with Gasteiger partial charge in [0.15, 0.2) is 0 Å². The zero-order valence-corrected chi connectivity index (χ0v) is 10.5. The number of pyridine rings is 1. The minimum atomic E-state index is -0.405. The number of nitrogens with two attached hydrogens (primary N) is 1. The molecule has 0 atom stereocenters. The Morgan fingerprint density at radius 1 is 1.73 bits per heavy atom. The van der Waals surface area contributed by atoms with Gasteiger partial charge in [-0.25, -0.2) is 4.98 Å². The van der Waals surface area contributed by atoms with Crippen LogP contribution in [0.3, 0.4) is 0 Å². The Hall–Kier alpha value is -0.810. The summed E-state index contributed by atoms with van der Waals surface area (Å²) in [6.07, 6.45) is 1.63. The summed E-state index contributed by atoms with van der Waals surface area (Å²) >= 11 is 9.26. The fraction of sp³-hybridized carbons (Fsp3) is 0.333. The number of likely N-dealkylation sites (N-methyl/N-ethyl adjacent to an activating group) is 1. The topological polar surface area (TPSA) is 59.2 Å². The molecule has 4 nitrogen and oxygen atoms in total. The molecule has 0 aromatic carbocycles. The van der Waals surface area contributed by atoms with Gasteiger partial charge in [-0.1, -0.05) is 11.6 Å². The van der Waals surface area contributed by atoms with Crippen molar-refractivity contribution < 1.29 is 4.79 Å². The maximum atomic E-state index is 10.8. The number of hydrogen-bond acceptors (Lipinski definition) is 3. The predicted molar refractivity (Wildman–Crippen MR) is 64.0 cm³/mol. The van der Waals surface area contributed by atoms with Crippen molar-refractivity contribution >= 4 is 39.3 Å². The highest BCUT2D eigenvalue weighted by molar-refractivity contribution is 9.10. The predicted octanol–water partition coefficient (Wildman–Crippen LogP) is 1.81. The Morgan fingerprint density at radius 2 is 2.40 bits per heavy atom. The molecule has 1 rings (SSSR count). The van der Waals surface area contributed by atoms with Gasteiger partial charge >= 0.3 is 0 Å². The second kappa shape index (κ2) is 5.32. The number of nitrogens with zero attached hydrogens (tertiary/aromatic N) is 2. The van der Waals surface area contributed by atoms with E-state index in [1.54, 1.807) is 17.2 Å². The number of hydrogen-bond donors (Lipinski definition) is 1. The van der Waals surface area contributed by atoms with Crippen LogP contribution in [0.2, 0.25) is 5.02 Å². The van der Waals surface area contributed by atoms with Crippen LogP contribution in [-0.4, -0.2) is 24.0 Å².